The van der Waals surface area contributed by atoms with Crippen LogP contribution < -0.4 is 21.7 Å². The first kappa shape index (κ1) is 14.4. The molecule has 0 radical (unpaired) electrons. The van der Waals surface area contributed by atoms with Crippen LogP contribution in [0, 0.1) is 0 Å². The lowest BCUT2D eigenvalue weighted by atomic mass is 10.2. The fraction of sp³-hybridized carbons (Fsp3) is 0.333. The fourth-order valence-electron chi connectivity index (χ4n) is 1.33. The standard InChI is InChI=1S/C9H15N5O3S/c1-6(4-8(10)15)14-18(16,17)7-2-3-12-9(5-7)13-11/h2-3,5-6,14H,4,11H2,1H3,(H2,10,15)(H,12,13). The van der Waals surface area contributed by atoms with Crippen molar-refractivity contribution in [3.8, 4) is 0 Å². The molecule has 0 saturated heterocycles. The molecule has 0 bridgehead atoms. The molecule has 0 fully saturated rings. The van der Waals surface area contributed by atoms with E-state index in [1.807, 2.05) is 0 Å². The first-order valence-corrected chi connectivity index (χ1v) is 6.57. The van der Waals surface area contributed by atoms with E-state index in [0.29, 0.717) is 0 Å². The summed E-state index contributed by atoms with van der Waals surface area (Å²) in [6.07, 6.45) is 1.23. The van der Waals surface area contributed by atoms with Gasteiger partial charge in [-0.1, -0.05) is 0 Å². The molecule has 1 unspecified atom stereocenters. The fourth-order valence-corrected chi connectivity index (χ4v) is 2.59. The van der Waals surface area contributed by atoms with Gasteiger partial charge in [0.25, 0.3) is 0 Å². The molecule has 0 aromatic carbocycles. The molecule has 1 heterocycles. The third-order valence-electron chi connectivity index (χ3n) is 2.05. The van der Waals surface area contributed by atoms with E-state index in [1.165, 1.54) is 18.3 Å². The normalized spacial score (nSPS) is 13.0. The number of nitrogens with one attached hydrogen (secondary N) is 2. The second-order valence-electron chi connectivity index (χ2n) is 3.71. The molecule has 1 aromatic rings. The van der Waals surface area contributed by atoms with E-state index in [2.05, 4.69) is 15.1 Å². The molecular weight excluding hydrogens is 258 g/mol. The monoisotopic (exact) mass is 273 g/mol. The summed E-state index contributed by atoms with van der Waals surface area (Å²) < 4.78 is 26.2. The number of primary amides is 1. The first-order valence-electron chi connectivity index (χ1n) is 5.08. The van der Waals surface area contributed by atoms with Gasteiger partial charge in [-0.15, -0.1) is 0 Å². The highest BCUT2D eigenvalue weighted by Crippen LogP contribution is 2.12. The van der Waals surface area contributed by atoms with Crippen molar-refractivity contribution in [2.45, 2.75) is 24.3 Å². The van der Waals surface area contributed by atoms with Crippen LogP contribution in [-0.2, 0) is 14.8 Å². The molecule has 18 heavy (non-hydrogen) atoms. The van der Waals surface area contributed by atoms with E-state index in [9.17, 15) is 13.2 Å². The number of anilines is 1. The van der Waals surface area contributed by atoms with Gasteiger partial charge < -0.3 is 11.2 Å². The van der Waals surface area contributed by atoms with Crippen LogP contribution in [0.25, 0.3) is 0 Å². The van der Waals surface area contributed by atoms with Crippen molar-refractivity contribution >= 4 is 21.7 Å². The summed E-state index contributed by atoms with van der Waals surface area (Å²) in [5.74, 6) is 4.78. The maximum absolute atomic E-state index is 11.9. The molecule has 9 heteroatoms. The van der Waals surface area contributed by atoms with Gasteiger partial charge in [0.05, 0.1) is 4.90 Å². The highest BCUT2D eigenvalue weighted by molar-refractivity contribution is 7.89. The number of hydrazine groups is 1. The van der Waals surface area contributed by atoms with Crippen molar-refractivity contribution in [3.63, 3.8) is 0 Å². The summed E-state index contributed by atoms with van der Waals surface area (Å²) in [4.78, 5) is 14.5. The lowest BCUT2D eigenvalue weighted by molar-refractivity contribution is -0.118. The summed E-state index contributed by atoms with van der Waals surface area (Å²) in [6, 6.07) is 2.01. The largest absolute Gasteiger partial charge is 0.370 e. The average molecular weight is 273 g/mol. The molecule has 1 amide bonds. The number of sulfonamides is 1. The third kappa shape index (κ3) is 3.95. The smallest absolute Gasteiger partial charge is 0.241 e. The molecule has 1 aromatic heterocycles. The molecule has 0 aliphatic rings. The van der Waals surface area contributed by atoms with E-state index < -0.39 is 22.0 Å². The predicted octanol–water partition coefficient (Wildman–Crippen LogP) is -1.09. The van der Waals surface area contributed by atoms with E-state index in [1.54, 1.807) is 6.92 Å². The Labute approximate surface area is 105 Å². The second-order valence-corrected chi connectivity index (χ2v) is 5.43. The van der Waals surface area contributed by atoms with Gasteiger partial charge in [-0.05, 0) is 13.0 Å². The number of rotatable bonds is 6. The number of nitrogens with two attached hydrogens (primary N) is 2. The third-order valence-corrected chi connectivity index (χ3v) is 3.64. The van der Waals surface area contributed by atoms with Crippen LogP contribution in [0.1, 0.15) is 13.3 Å². The van der Waals surface area contributed by atoms with Gasteiger partial charge in [0.2, 0.25) is 15.9 Å². The van der Waals surface area contributed by atoms with E-state index in [4.69, 9.17) is 11.6 Å². The van der Waals surface area contributed by atoms with Gasteiger partial charge in [-0.3, -0.25) is 4.79 Å². The van der Waals surface area contributed by atoms with Crippen LogP contribution in [0.3, 0.4) is 0 Å². The number of nitrogen functional groups attached to an aromatic ring is 1. The summed E-state index contributed by atoms with van der Waals surface area (Å²) in [7, 11) is -3.73. The van der Waals surface area contributed by atoms with Gasteiger partial charge in [-0.2, -0.15) is 0 Å². The molecule has 1 atom stereocenters. The quantitative estimate of drug-likeness (QED) is 0.383. The molecule has 0 spiro atoms. The highest BCUT2D eigenvalue weighted by Gasteiger charge is 2.18. The Morgan fingerprint density at radius 3 is 2.78 bits per heavy atom. The summed E-state index contributed by atoms with van der Waals surface area (Å²) in [6.45, 7) is 1.55. The van der Waals surface area contributed by atoms with E-state index in [0.717, 1.165) is 0 Å². The Morgan fingerprint density at radius 2 is 2.22 bits per heavy atom. The van der Waals surface area contributed by atoms with Gasteiger partial charge in [0.15, 0.2) is 0 Å². The molecule has 100 valence electrons. The highest BCUT2D eigenvalue weighted by atomic mass is 32.2. The maximum atomic E-state index is 11.9. The summed E-state index contributed by atoms with van der Waals surface area (Å²) >= 11 is 0. The van der Waals surface area contributed by atoms with Gasteiger partial charge in [0.1, 0.15) is 5.82 Å². The van der Waals surface area contributed by atoms with Crippen LogP contribution in [0.5, 0.6) is 0 Å². The van der Waals surface area contributed by atoms with Gasteiger partial charge >= 0.3 is 0 Å². The van der Waals surface area contributed by atoms with Crippen molar-refractivity contribution in [2.75, 3.05) is 5.43 Å². The lowest BCUT2D eigenvalue weighted by Gasteiger charge is -2.12. The molecule has 8 nitrogen and oxygen atoms in total. The molecule has 1 rings (SSSR count). The van der Waals surface area contributed by atoms with Crippen molar-refractivity contribution in [3.05, 3.63) is 18.3 Å². The Balaban J connectivity index is 2.88. The van der Waals surface area contributed by atoms with Crippen molar-refractivity contribution in [2.24, 2.45) is 11.6 Å². The SMILES string of the molecule is CC(CC(N)=O)NS(=O)(=O)c1ccnc(NN)c1. The van der Waals surface area contributed by atoms with E-state index >= 15 is 0 Å². The number of amides is 1. The number of nitrogens with zero attached hydrogens (tertiary/aromatic N) is 1. The number of hydrogen-bond donors (Lipinski definition) is 4. The van der Waals surface area contributed by atoms with Crippen molar-refractivity contribution in [1.82, 2.24) is 9.71 Å². The number of carbonyl (C=O) groups excluding carboxylic acids is 1. The minimum atomic E-state index is -3.73. The Kier molecular flexibility index (Phi) is 4.59. The van der Waals surface area contributed by atoms with Crippen LogP contribution >= 0.6 is 0 Å². The molecule has 0 aliphatic heterocycles. The second kappa shape index (κ2) is 5.76. The van der Waals surface area contributed by atoms with Gasteiger partial charge in [0, 0.05) is 24.7 Å². The zero-order valence-electron chi connectivity index (χ0n) is 9.75. The molecule has 0 saturated carbocycles. The van der Waals surface area contributed by atoms with Crippen LogP contribution in [0.4, 0.5) is 5.82 Å². The van der Waals surface area contributed by atoms with Gasteiger partial charge in [-0.25, -0.2) is 24.0 Å². The average Bonchev–Trinajstić information content (AvgIpc) is 2.27. The zero-order valence-corrected chi connectivity index (χ0v) is 10.6. The minimum Gasteiger partial charge on any atom is -0.370 e. The Morgan fingerprint density at radius 1 is 1.56 bits per heavy atom. The van der Waals surface area contributed by atoms with Crippen LogP contribution in [0.15, 0.2) is 23.2 Å². The first-order chi connectivity index (χ1) is 8.35. The summed E-state index contributed by atoms with van der Waals surface area (Å²) in [5.41, 5.74) is 7.23. The molecule has 6 N–H and O–H groups in total. The van der Waals surface area contributed by atoms with E-state index in [-0.39, 0.29) is 17.1 Å². The number of hydrogen-bond acceptors (Lipinski definition) is 6. The molecular formula is C9H15N5O3S. The van der Waals surface area contributed by atoms with Crippen molar-refractivity contribution < 1.29 is 13.2 Å². The minimum absolute atomic E-state index is 0.00164. The Bertz CT molecular complexity index is 531. The van der Waals surface area contributed by atoms with Crippen molar-refractivity contribution in [1.29, 1.82) is 0 Å². The van der Waals surface area contributed by atoms with Crippen LogP contribution in [-0.4, -0.2) is 25.4 Å². The number of aromatic nitrogens is 1. The lowest BCUT2D eigenvalue weighted by Crippen LogP contribution is -2.35. The number of carbonyl (C=O) groups is 1. The Hall–Kier alpha value is -1.71. The topological polar surface area (TPSA) is 140 Å². The van der Waals surface area contributed by atoms with Crippen LogP contribution in [0.2, 0.25) is 0 Å². The predicted molar refractivity (Wildman–Crippen MR) is 65.6 cm³/mol. The zero-order chi connectivity index (χ0) is 13.8. The number of pyridine rings is 1. The summed E-state index contributed by atoms with van der Waals surface area (Å²) in [5, 5.41) is 0. The maximum Gasteiger partial charge on any atom is 0.241 e. The molecule has 0 aliphatic carbocycles.